The fourth-order valence-corrected chi connectivity index (χ4v) is 6.76. The second-order valence-corrected chi connectivity index (χ2v) is 12.2. The number of amides is 3. The third-order valence-corrected chi connectivity index (χ3v) is 8.95. The summed E-state index contributed by atoms with van der Waals surface area (Å²) < 4.78 is 1.09. The molecule has 0 radical (unpaired) electrons. The third-order valence-electron chi connectivity index (χ3n) is 6.82. The summed E-state index contributed by atoms with van der Waals surface area (Å²) in [6.07, 6.45) is 0.0685. The number of carbonyl (C=O) groups excluding carboxylic acids is 3. The van der Waals surface area contributed by atoms with Crippen LogP contribution in [0.1, 0.15) is 32.7 Å². The maximum absolute atomic E-state index is 13.2. The van der Waals surface area contributed by atoms with Crippen LogP contribution in [0, 0.1) is 6.92 Å². The summed E-state index contributed by atoms with van der Waals surface area (Å²) in [7, 11) is 0. The van der Waals surface area contributed by atoms with Crippen LogP contribution in [0.3, 0.4) is 0 Å². The van der Waals surface area contributed by atoms with Gasteiger partial charge in [-0.25, -0.2) is 14.7 Å². The first kappa shape index (κ1) is 28.1. The molecule has 6 rings (SSSR count). The Labute approximate surface area is 254 Å². The van der Waals surface area contributed by atoms with Crippen molar-refractivity contribution in [2.45, 2.75) is 23.5 Å². The van der Waals surface area contributed by atoms with Crippen LogP contribution in [0.25, 0.3) is 10.2 Å². The molecule has 5 aromatic rings. The Balaban J connectivity index is 1.08. The van der Waals surface area contributed by atoms with Crippen LogP contribution in [0.15, 0.2) is 95.9 Å². The molecule has 0 unspecified atom stereocenters. The van der Waals surface area contributed by atoms with Crippen LogP contribution in [-0.2, 0) is 9.59 Å². The lowest BCUT2D eigenvalue weighted by Gasteiger charge is -2.15. The fraction of sp³-hybridized carbons (Fsp3) is 0.0938. The number of imide groups is 1. The van der Waals surface area contributed by atoms with Crippen molar-refractivity contribution in [1.29, 1.82) is 0 Å². The van der Waals surface area contributed by atoms with Crippen LogP contribution < -0.4 is 15.5 Å². The number of nitrogens with zero attached hydrogens (tertiary/aromatic N) is 2. The maximum atomic E-state index is 13.2. The summed E-state index contributed by atoms with van der Waals surface area (Å²) in [6.45, 7) is 2.04. The second kappa shape index (κ2) is 11.7. The molecule has 1 aliphatic rings. The number of carboxylic acid groups (broad SMARTS) is 1. The molecule has 2 heterocycles. The number of thiazole rings is 1. The molecular weight excluding hydrogens is 585 g/mol. The van der Waals surface area contributed by atoms with E-state index in [0.29, 0.717) is 11.4 Å². The topological polar surface area (TPSA) is 129 Å². The summed E-state index contributed by atoms with van der Waals surface area (Å²) in [5, 5.41) is 15.5. The van der Waals surface area contributed by atoms with E-state index < -0.39 is 17.1 Å². The molecule has 9 nitrogen and oxygen atoms in total. The van der Waals surface area contributed by atoms with Gasteiger partial charge in [0.25, 0.3) is 5.91 Å². The van der Waals surface area contributed by atoms with E-state index >= 15 is 0 Å². The van der Waals surface area contributed by atoms with Gasteiger partial charge in [-0.1, -0.05) is 29.5 Å². The van der Waals surface area contributed by atoms with E-state index in [1.54, 1.807) is 59.9 Å². The highest BCUT2D eigenvalue weighted by Crippen LogP contribution is 2.35. The predicted molar refractivity (Wildman–Crippen MR) is 169 cm³/mol. The molecule has 3 N–H and O–H groups in total. The number of aromatic nitrogens is 1. The number of aromatic carboxylic acids is 1. The number of benzene rings is 4. The van der Waals surface area contributed by atoms with Gasteiger partial charge < -0.3 is 15.7 Å². The van der Waals surface area contributed by atoms with E-state index in [0.717, 1.165) is 25.9 Å². The summed E-state index contributed by atoms with van der Waals surface area (Å²) in [5.74, 6) is -2.29. The van der Waals surface area contributed by atoms with Crippen LogP contribution in [0.5, 0.6) is 0 Å². The standard InChI is InChI=1S/C32H24N4O5S2/c1-18-6-15-25-26(16-18)43-32(35-25)34-20-7-11-21(12-8-20)36-28(37)17-27(30(36)39)42-22-13-9-19(10-14-22)33-29(38)23-4-2-3-5-24(23)31(40)41/h2-16,27H,17H2,1H3,(H,33,38)(H,34,35)(H,40,41)/t27-/m1/s1. The highest BCUT2D eigenvalue weighted by atomic mass is 32.2. The monoisotopic (exact) mass is 608 g/mol. The minimum Gasteiger partial charge on any atom is -0.478 e. The zero-order valence-corrected chi connectivity index (χ0v) is 24.4. The largest absolute Gasteiger partial charge is 0.478 e. The van der Waals surface area contributed by atoms with Gasteiger partial charge in [0, 0.05) is 22.7 Å². The number of rotatable bonds is 8. The molecule has 1 saturated heterocycles. The summed E-state index contributed by atoms with van der Waals surface area (Å²) >= 11 is 2.83. The molecule has 43 heavy (non-hydrogen) atoms. The van der Waals surface area contributed by atoms with E-state index in [-0.39, 0.29) is 29.4 Å². The lowest BCUT2D eigenvalue weighted by Crippen LogP contribution is -2.31. The van der Waals surface area contributed by atoms with Gasteiger partial charge in [0.1, 0.15) is 0 Å². The Bertz CT molecular complexity index is 1890. The number of hydrogen-bond donors (Lipinski definition) is 3. The normalized spacial score (nSPS) is 14.7. The summed E-state index contributed by atoms with van der Waals surface area (Å²) in [5.41, 5.74) is 3.83. The Morgan fingerprint density at radius 1 is 0.930 bits per heavy atom. The smallest absolute Gasteiger partial charge is 0.336 e. The lowest BCUT2D eigenvalue weighted by atomic mass is 10.1. The minimum atomic E-state index is -1.19. The van der Waals surface area contributed by atoms with Crippen molar-refractivity contribution in [1.82, 2.24) is 4.98 Å². The van der Waals surface area contributed by atoms with Crippen molar-refractivity contribution < 1.29 is 24.3 Å². The average molecular weight is 609 g/mol. The molecule has 1 fully saturated rings. The van der Waals surface area contributed by atoms with E-state index in [2.05, 4.69) is 21.7 Å². The van der Waals surface area contributed by atoms with Gasteiger partial charge in [0.2, 0.25) is 11.8 Å². The van der Waals surface area contributed by atoms with Crippen molar-refractivity contribution in [3.8, 4) is 0 Å². The highest BCUT2D eigenvalue weighted by Gasteiger charge is 2.40. The van der Waals surface area contributed by atoms with Crippen LogP contribution in [-0.4, -0.2) is 39.0 Å². The summed E-state index contributed by atoms with van der Waals surface area (Å²) in [4.78, 5) is 56.7. The van der Waals surface area contributed by atoms with Crippen LogP contribution >= 0.6 is 23.1 Å². The fourth-order valence-electron chi connectivity index (χ4n) is 4.72. The molecule has 214 valence electrons. The number of aryl methyl sites for hydroxylation is 1. The predicted octanol–water partition coefficient (Wildman–Crippen LogP) is 6.72. The van der Waals surface area contributed by atoms with Gasteiger partial charge in [-0.05, 0) is 85.3 Å². The second-order valence-electron chi connectivity index (χ2n) is 9.87. The first-order valence-corrected chi connectivity index (χ1v) is 15.0. The number of nitrogens with one attached hydrogen (secondary N) is 2. The van der Waals surface area contributed by atoms with Gasteiger partial charge >= 0.3 is 5.97 Å². The average Bonchev–Trinajstić information content (AvgIpc) is 3.52. The SMILES string of the molecule is Cc1ccc2nc(Nc3ccc(N4C(=O)C[C@@H](Sc5ccc(NC(=O)c6ccccc6C(=O)O)cc5)C4=O)cc3)sc2c1. The summed E-state index contributed by atoms with van der Waals surface area (Å²) in [6, 6.07) is 26.0. The molecular formula is C32H24N4O5S2. The molecule has 1 atom stereocenters. The number of anilines is 4. The molecule has 1 aromatic heterocycles. The van der Waals surface area contributed by atoms with E-state index in [1.165, 1.54) is 34.4 Å². The molecule has 0 saturated carbocycles. The van der Waals surface area contributed by atoms with Crippen molar-refractivity contribution in [2.75, 3.05) is 15.5 Å². The Morgan fingerprint density at radius 3 is 2.35 bits per heavy atom. The number of thioether (sulfide) groups is 1. The molecule has 0 bridgehead atoms. The Morgan fingerprint density at radius 2 is 1.63 bits per heavy atom. The maximum Gasteiger partial charge on any atom is 0.336 e. The number of fused-ring (bicyclic) bond motifs is 1. The van der Waals surface area contributed by atoms with E-state index in [4.69, 9.17) is 0 Å². The van der Waals surface area contributed by atoms with Crippen molar-refractivity contribution in [3.05, 3.63) is 108 Å². The molecule has 4 aromatic carbocycles. The highest BCUT2D eigenvalue weighted by molar-refractivity contribution is 8.00. The molecule has 0 spiro atoms. The number of hydrogen-bond acceptors (Lipinski definition) is 8. The first-order valence-electron chi connectivity index (χ1n) is 13.3. The van der Waals surface area contributed by atoms with Crippen molar-refractivity contribution in [2.24, 2.45) is 0 Å². The van der Waals surface area contributed by atoms with Gasteiger partial charge in [0.15, 0.2) is 5.13 Å². The van der Waals surface area contributed by atoms with Crippen LogP contribution in [0.2, 0.25) is 0 Å². The van der Waals surface area contributed by atoms with Crippen molar-refractivity contribution in [3.63, 3.8) is 0 Å². The number of carbonyl (C=O) groups is 4. The Kier molecular flexibility index (Phi) is 7.66. The molecule has 3 amide bonds. The van der Waals surface area contributed by atoms with E-state index in [1.807, 2.05) is 31.2 Å². The zero-order valence-electron chi connectivity index (χ0n) is 22.7. The third kappa shape index (κ3) is 5.99. The minimum absolute atomic E-state index is 0.0549. The van der Waals surface area contributed by atoms with Gasteiger partial charge in [-0.2, -0.15) is 0 Å². The number of carboxylic acids is 1. The first-order chi connectivity index (χ1) is 20.7. The molecule has 1 aliphatic heterocycles. The van der Waals surface area contributed by atoms with Crippen molar-refractivity contribution >= 4 is 79.2 Å². The lowest BCUT2D eigenvalue weighted by molar-refractivity contribution is -0.121. The molecule has 11 heteroatoms. The zero-order chi connectivity index (χ0) is 30.1. The van der Waals surface area contributed by atoms with Crippen LogP contribution in [0.4, 0.5) is 22.2 Å². The van der Waals surface area contributed by atoms with Gasteiger partial charge in [-0.3, -0.25) is 14.4 Å². The Hall–Kier alpha value is -5.00. The molecule has 0 aliphatic carbocycles. The van der Waals surface area contributed by atoms with Gasteiger partial charge in [-0.15, -0.1) is 11.8 Å². The van der Waals surface area contributed by atoms with Gasteiger partial charge in [0.05, 0.1) is 32.3 Å². The quantitative estimate of drug-likeness (QED) is 0.166. The van der Waals surface area contributed by atoms with E-state index in [9.17, 15) is 24.3 Å².